The van der Waals surface area contributed by atoms with Crippen LogP contribution >= 0.6 is 0 Å². The number of nitro benzene ring substituents is 2. The second-order valence-corrected chi connectivity index (χ2v) is 9.72. The molecule has 0 aromatic heterocycles. The van der Waals surface area contributed by atoms with Crippen LogP contribution in [0.4, 0.5) is 32.8 Å². The highest BCUT2D eigenvalue weighted by Gasteiger charge is 2.20. The predicted molar refractivity (Wildman–Crippen MR) is 165 cm³/mol. The van der Waals surface area contributed by atoms with Crippen LogP contribution < -0.4 is 11.1 Å². The van der Waals surface area contributed by atoms with E-state index in [1.807, 2.05) is 51.1 Å². The van der Waals surface area contributed by atoms with Crippen molar-refractivity contribution in [1.82, 2.24) is 0 Å². The minimum Gasteiger partial charge on any atom is -0.399 e. The van der Waals surface area contributed by atoms with Crippen LogP contribution in [0.15, 0.2) is 60.7 Å². The summed E-state index contributed by atoms with van der Waals surface area (Å²) in [5, 5.41) is 41.8. The summed E-state index contributed by atoms with van der Waals surface area (Å²) in [5.74, 6) is -0.987. The van der Waals surface area contributed by atoms with E-state index in [1.54, 1.807) is 12.1 Å². The van der Waals surface area contributed by atoms with Crippen LogP contribution in [-0.4, -0.2) is 9.85 Å². The van der Waals surface area contributed by atoms with Crippen LogP contribution in [-0.2, 0) is 0 Å². The lowest BCUT2D eigenvalue weighted by Gasteiger charge is -2.12. The number of nitrogens with one attached hydrogen (secondary N) is 1. The summed E-state index contributed by atoms with van der Waals surface area (Å²) >= 11 is 0. The molecule has 0 aliphatic rings. The Labute approximate surface area is 249 Å². The van der Waals surface area contributed by atoms with Gasteiger partial charge in [0.2, 0.25) is 5.82 Å². The molecule has 43 heavy (non-hydrogen) atoms. The third kappa shape index (κ3) is 8.59. The number of hydrogen-bond acceptors (Lipinski definition) is 8. The molecule has 0 atom stereocenters. The summed E-state index contributed by atoms with van der Waals surface area (Å²) in [6, 6.07) is 19.3. The number of aryl methyl sites for hydroxylation is 4. The molecule has 0 fully saturated rings. The van der Waals surface area contributed by atoms with Crippen LogP contribution in [0.2, 0.25) is 0 Å². The highest BCUT2D eigenvalue weighted by molar-refractivity contribution is 5.74. The molecule has 4 aromatic carbocycles. The first-order valence-corrected chi connectivity index (χ1v) is 12.9. The van der Waals surface area contributed by atoms with Crippen molar-refractivity contribution in [2.24, 2.45) is 0 Å². The van der Waals surface area contributed by atoms with Gasteiger partial charge in [-0.1, -0.05) is 12.1 Å². The standard InChI is InChI=1S/C16H15N3O2.C9H13N.C7H3FN2O2/c1-10-7-14(8-11(2)12(10)3)18-15-6-4-5-13(9-17)16(15)19(20)21;1-6-4-9(10)5-7(2)8(6)3;8-6-3-1-2-5(4-9)7(6)10(11)12/h4-8,18H,1-3H3;4-5H,10H2,1-3H3;1-3H. The molecule has 0 bridgehead atoms. The minimum atomic E-state index is -0.987. The molecule has 0 saturated heterocycles. The van der Waals surface area contributed by atoms with E-state index in [0.717, 1.165) is 28.6 Å². The molecule has 11 heteroatoms. The normalized spacial score (nSPS) is 9.70. The number of nitro groups is 2. The number of rotatable bonds is 4. The Kier molecular flexibility index (Phi) is 11.4. The van der Waals surface area contributed by atoms with Crippen molar-refractivity contribution in [3.63, 3.8) is 0 Å². The van der Waals surface area contributed by atoms with E-state index in [1.165, 1.54) is 46.5 Å². The average molecular weight is 583 g/mol. The first-order valence-electron chi connectivity index (χ1n) is 12.9. The molecule has 0 heterocycles. The first kappa shape index (κ1) is 33.4. The Hall–Kier alpha value is -5.81. The first-order chi connectivity index (χ1) is 20.2. The Morgan fingerprint density at radius 3 is 1.56 bits per heavy atom. The summed E-state index contributed by atoms with van der Waals surface area (Å²) in [5.41, 5.74) is 13.7. The Balaban J connectivity index is 0.000000248. The molecule has 220 valence electrons. The van der Waals surface area contributed by atoms with Gasteiger partial charge in [-0.3, -0.25) is 20.2 Å². The molecule has 0 saturated carbocycles. The zero-order valence-corrected chi connectivity index (χ0v) is 24.7. The Morgan fingerprint density at radius 1 is 0.721 bits per heavy atom. The van der Waals surface area contributed by atoms with Gasteiger partial charge in [-0.15, -0.1) is 0 Å². The van der Waals surface area contributed by atoms with Gasteiger partial charge in [0.15, 0.2) is 0 Å². The number of hydrogen-bond donors (Lipinski definition) is 2. The van der Waals surface area contributed by atoms with Crippen molar-refractivity contribution < 1.29 is 14.2 Å². The van der Waals surface area contributed by atoms with Gasteiger partial charge in [0.25, 0.3) is 0 Å². The number of nitrogens with two attached hydrogens (primary N) is 1. The molecule has 3 N–H and O–H groups in total. The number of nitrogens with zero attached hydrogens (tertiary/aromatic N) is 4. The van der Waals surface area contributed by atoms with Gasteiger partial charge < -0.3 is 11.1 Å². The molecule has 0 amide bonds. The van der Waals surface area contributed by atoms with E-state index in [2.05, 4.69) is 26.1 Å². The number of halogens is 1. The van der Waals surface area contributed by atoms with Gasteiger partial charge in [-0.05, 0) is 123 Å². The number of nitrogen functional groups attached to an aromatic ring is 1. The molecule has 0 spiro atoms. The maximum atomic E-state index is 12.7. The molecular weight excluding hydrogens is 551 g/mol. The largest absolute Gasteiger partial charge is 0.399 e. The second-order valence-electron chi connectivity index (χ2n) is 9.72. The molecule has 0 aliphatic heterocycles. The van der Waals surface area contributed by atoms with Gasteiger partial charge in [-0.2, -0.15) is 14.9 Å². The number of nitriles is 2. The number of para-hydroxylation sites is 2. The Morgan fingerprint density at radius 2 is 1.14 bits per heavy atom. The van der Waals surface area contributed by atoms with Crippen LogP contribution in [0.3, 0.4) is 0 Å². The third-order valence-corrected chi connectivity index (χ3v) is 6.78. The maximum Gasteiger partial charge on any atom is 0.322 e. The maximum absolute atomic E-state index is 12.7. The van der Waals surface area contributed by atoms with Gasteiger partial charge in [0.05, 0.1) is 9.85 Å². The van der Waals surface area contributed by atoms with Crippen molar-refractivity contribution in [3.8, 4) is 12.1 Å². The van der Waals surface area contributed by atoms with E-state index in [9.17, 15) is 24.6 Å². The molecule has 4 rings (SSSR count). The molecule has 0 radical (unpaired) electrons. The quantitative estimate of drug-likeness (QED) is 0.139. The van der Waals surface area contributed by atoms with Crippen molar-refractivity contribution >= 4 is 28.4 Å². The fraction of sp³-hybridized carbons (Fsp3) is 0.188. The summed E-state index contributed by atoms with van der Waals surface area (Å²) in [6.07, 6.45) is 0. The fourth-order valence-corrected chi connectivity index (χ4v) is 4.05. The van der Waals surface area contributed by atoms with E-state index in [0.29, 0.717) is 5.69 Å². The fourth-order valence-electron chi connectivity index (χ4n) is 4.05. The summed E-state index contributed by atoms with van der Waals surface area (Å²) in [6.45, 7) is 12.3. The lowest BCUT2D eigenvalue weighted by atomic mass is 10.0. The molecule has 10 nitrogen and oxygen atoms in total. The average Bonchev–Trinajstić information content (AvgIpc) is 2.94. The topological polar surface area (TPSA) is 172 Å². The zero-order valence-electron chi connectivity index (χ0n) is 24.7. The Bertz CT molecular complexity index is 1730. The van der Waals surface area contributed by atoms with Crippen LogP contribution in [0.25, 0.3) is 0 Å². The molecule has 0 aliphatic carbocycles. The number of benzene rings is 4. The lowest BCUT2D eigenvalue weighted by Crippen LogP contribution is -2.00. The van der Waals surface area contributed by atoms with Crippen molar-refractivity contribution in [2.45, 2.75) is 41.5 Å². The van der Waals surface area contributed by atoms with Crippen LogP contribution in [0.5, 0.6) is 0 Å². The highest BCUT2D eigenvalue weighted by Crippen LogP contribution is 2.32. The van der Waals surface area contributed by atoms with E-state index in [4.69, 9.17) is 16.3 Å². The summed E-state index contributed by atoms with van der Waals surface area (Å²) in [7, 11) is 0. The highest BCUT2D eigenvalue weighted by atomic mass is 19.1. The monoisotopic (exact) mass is 582 g/mol. The molecule has 0 unspecified atom stereocenters. The van der Waals surface area contributed by atoms with Crippen molar-refractivity contribution in [2.75, 3.05) is 11.1 Å². The van der Waals surface area contributed by atoms with Gasteiger partial charge in [0, 0.05) is 11.4 Å². The summed E-state index contributed by atoms with van der Waals surface area (Å²) < 4.78 is 12.7. The second kappa shape index (κ2) is 14.7. The van der Waals surface area contributed by atoms with Crippen LogP contribution in [0, 0.1) is 90.3 Å². The summed E-state index contributed by atoms with van der Waals surface area (Å²) in [4.78, 5) is 20.0. The predicted octanol–water partition coefficient (Wildman–Crippen LogP) is 7.93. The third-order valence-electron chi connectivity index (χ3n) is 6.78. The SMILES string of the molecule is Cc1cc(N)cc(C)c1C.Cc1cc(Nc2cccc(C#N)c2[N+](=O)[O-])cc(C)c1C.N#Cc1cccc(F)c1[N+](=O)[O-]. The van der Waals surface area contributed by atoms with Crippen LogP contribution in [0.1, 0.15) is 44.5 Å². The van der Waals surface area contributed by atoms with Crippen molar-refractivity contribution in [3.05, 3.63) is 131 Å². The van der Waals surface area contributed by atoms with E-state index < -0.39 is 21.4 Å². The van der Waals surface area contributed by atoms with E-state index in [-0.39, 0.29) is 16.8 Å². The number of anilines is 3. The van der Waals surface area contributed by atoms with Crippen molar-refractivity contribution in [1.29, 1.82) is 10.5 Å². The van der Waals surface area contributed by atoms with Gasteiger partial charge >= 0.3 is 11.4 Å². The van der Waals surface area contributed by atoms with E-state index >= 15 is 0 Å². The van der Waals surface area contributed by atoms with Gasteiger partial charge in [-0.25, -0.2) is 0 Å². The zero-order chi connectivity index (χ0) is 32.4. The van der Waals surface area contributed by atoms with Gasteiger partial charge in [0.1, 0.15) is 29.0 Å². The smallest absolute Gasteiger partial charge is 0.322 e. The minimum absolute atomic E-state index is 0.0468. The lowest BCUT2D eigenvalue weighted by molar-refractivity contribution is -0.387. The molecular formula is C32H31FN6O4. The molecule has 4 aromatic rings.